The van der Waals surface area contributed by atoms with E-state index in [-0.39, 0.29) is 6.54 Å². The van der Waals surface area contributed by atoms with Gasteiger partial charge in [0.05, 0.1) is 0 Å². The van der Waals surface area contributed by atoms with Gasteiger partial charge >= 0.3 is 0 Å². The van der Waals surface area contributed by atoms with Crippen molar-refractivity contribution < 1.29 is 13.2 Å². The molecule has 100 valence electrons. The fourth-order valence-corrected chi connectivity index (χ4v) is 2.38. The SMILES string of the molecule is Cc1cc(I)ccc1NCc1cc(F)c(F)c(F)c1. The van der Waals surface area contributed by atoms with Crippen molar-refractivity contribution in [3.63, 3.8) is 0 Å². The molecule has 2 aromatic rings. The first kappa shape index (κ1) is 14.2. The summed E-state index contributed by atoms with van der Waals surface area (Å²) in [6.07, 6.45) is 0. The normalized spacial score (nSPS) is 10.6. The van der Waals surface area contributed by atoms with E-state index in [0.29, 0.717) is 5.56 Å². The minimum Gasteiger partial charge on any atom is -0.381 e. The van der Waals surface area contributed by atoms with Gasteiger partial charge in [0.2, 0.25) is 0 Å². The quantitative estimate of drug-likeness (QED) is 0.608. The zero-order valence-electron chi connectivity index (χ0n) is 10.1. The summed E-state index contributed by atoms with van der Waals surface area (Å²) in [5.74, 6) is -3.78. The number of nitrogens with one attached hydrogen (secondary N) is 1. The minimum atomic E-state index is -1.44. The second-order valence-corrected chi connectivity index (χ2v) is 5.43. The third kappa shape index (κ3) is 3.40. The topological polar surface area (TPSA) is 12.0 Å². The Balaban J connectivity index is 2.14. The van der Waals surface area contributed by atoms with Crippen LogP contribution in [0.4, 0.5) is 18.9 Å². The smallest absolute Gasteiger partial charge is 0.194 e. The molecule has 0 atom stereocenters. The molecule has 0 aromatic heterocycles. The van der Waals surface area contributed by atoms with Gasteiger partial charge in [0.15, 0.2) is 17.5 Å². The second-order valence-electron chi connectivity index (χ2n) is 4.19. The number of halogens is 4. The van der Waals surface area contributed by atoms with E-state index >= 15 is 0 Å². The van der Waals surface area contributed by atoms with Crippen LogP contribution in [0.2, 0.25) is 0 Å². The average Bonchev–Trinajstić information content (AvgIpc) is 2.34. The van der Waals surface area contributed by atoms with Crippen LogP contribution in [0.15, 0.2) is 30.3 Å². The highest BCUT2D eigenvalue weighted by molar-refractivity contribution is 14.1. The van der Waals surface area contributed by atoms with Gasteiger partial charge in [0.25, 0.3) is 0 Å². The van der Waals surface area contributed by atoms with Crippen molar-refractivity contribution in [2.75, 3.05) is 5.32 Å². The van der Waals surface area contributed by atoms with Crippen LogP contribution in [0.25, 0.3) is 0 Å². The lowest BCUT2D eigenvalue weighted by Gasteiger charge is -2.10. The third-order valence-corrected chi connectivity index (χ3v) is 3.39. The fourth-order valence-electron chi connectivity index (χ4n) is 1.73. The summed E-state index contributed by atoms with van der Waals surface area (Å²) >= 11 is 2.21. The molecule has 0 fully saturated rings. The molecule has 0 aliphatic rings. The van der Waals surface area contributed by atoms with Gasteiger partial charge in [-0.2, -0.15) is 0 Å². The minimum absolute atomic E-state index is 0.232. The van der Waals surface area contributed by atoms with Gasteiger partial charge in [-0.15, -0.1) is 0 Å². The van der Waals surface area contributed by atoms with Gasteiger partial charge in [-0.05, 0) is 71.0 Å². The molecular formula is C14H11F3IN. The lowest BCUT2D eigenvalue weighted by molar-refractivity contribution is 0.445. The molecule has 19 heavy (non-hydrogen) atoms. The Morgan fingerprint density at radius 1 is 1.05 bits per heavy atom. The molecule has 0 saturated carbocycles. The molecule has 0 aliphatic heterocycles. The average molecular weight is 377 g/mol. The Labute approximate surface area is 123 Å². The highest BCUT2D eigenvalue weighted by Crippen LogP contribution is 2.19. The Bertz CT molecular complexity index is 591. The Morgan fingerprint density at radius 2 is 1.68 bits per heavy atom. The van der Waals surface area contributed by atoms with E-state index in [1.54, 1.807) is 0 Å². The van der Waals surface area contributed by atoms with Crippen molar-refractivity contribution in [1.82, 2.24) is 0 Å². The number of rotatable bonds is 3. The van der Waals surface area contributed by atoms with E-state index in [9.17, 15) is 13.2 Å². The van der Waals surface area contributed by atoms with E-state index in [2.05, 4.69) is 27.9 Å². The summed E-state index contributed by atoms with van der Waals surface area (Å²) in [5, 5.41) is 3.07. The molecule has 0 radical (unpaired) electrons. The Kier molecular flexibility index (Phi) is 4.34. The van der Waals surface area contributed by atoms with E-state index in [0.717, 1.165) is 27.0 Å². The molecule has 0 bridgehead atoms. The molecule has 5 heteroatoms. The molecule has 0 amide bonds. The van der Waals surface area contributed by atoms with E-state index in [4.69, 9.17) is 0 Å². The number of aryl methyl sites for hydroxylation is 1. The van der Waals surface area contributed by atoms with Crippen LogP contribution in [0.3, 0.4) is 0 Å². The predicted molar refractivity (Wildman–Crippen MR) is 77.5 cm³/mol. The maximum absolute atomic E-state index is 13.1. The van der Waals surface area contributed by atoms with Crippen molar-refractivity contribution in [2.45, 2.75) is 13.5 Å². The summed E-state index contributed by atoms with van der Waals surface area (Å²) in [7, 11) is 0. The maximum Gasteiger partial charge on any atom is 0.194 e. The van der Waals surface area contributed by atoms with E-state index in [1.807, 2.05) is 25.1 Å². The van der Waals surface area contributed by atoms with Gasteiger partial charge in [-0.25, -0.2) is 13.2 Å². The summed E-state index contributed by atoms with van der Waals surface area (Å²) < 4.78 is 40.0. The van der Waals surface area contributed by atoms with Crippen LogP contribution in [0.5, 0.6) is 0 Å². The van der Waals surface area contributed by atoms with Crippen molar-refractivity contribution in [3.8, 4) is 0 Å². The first-order valence-electron chi connectivity index (χ1n) is 5.61. The molecule has 0 saturated heterocycles. The molecule has 1 N–H and O–H groups in total. The van der Waals surface area contributed by atoms with Crippen molar-refractivity contribution in [2.24, 2.45) is 0 Å². The fraction of sp³-hybridized carbons (Fsp3) is 0.143. The van der Waals surface area contributed by atoms with Crippen molar-refractivity contribution in [1.29, 1.82) is 0 Å². The van der Waals surface area contributed by atoms with Crippen LogP contribution in [-0.2, 0) is 6.54 Å². The largest absolute Gasteiger partial charge is 0.381 e. The first-order valence-corrected chi connectivity index (χ1v) is 6.68. The van der Waals surface area contributed by atoms with Gasteiger partial charge < -0.3 is 5.32 Å². The summed E-state index contributed by atoms with van der Waals surface area (Å²) in [4.78, 5) is 0. The molecule has 1 nitrogen and oxygen atoms in total. The first-order chi connectivity index (χ1) is 8.97. The van der Waals surface area contributed by atoms with Crippen LogP contribution in [-0.4, -0.2) is 0 Å². The number of hydrogen-bond donors (Lipinski definition) is 1. The van der Waals surface area contributed by atoms with Crippen molar-refractivity contribution in [3.05, 3.63) is 62.5 Å². The van der Waals surface area contributed by atoms with Crippen LogP contribution in [0.1, 0.15) is 11.1 Å². The molecule has 2 rings (SSSR count). The number of hydrogen-bond acceptors (Lipinski definition) is 1. The monoisotopic (exact) mass is 377 g/mol. The number of benzene rings is 2. The maximum atomic E-state index is 13.1. The summed E-state index contributed by atoms with van der Waals surface area (Å²) in [6, 6.07) is 7.81. The third-order valence-electron chi connectivity index (χ3n) is 2.72. The summed E-state index contributed by atoms with van der Waals surface area (Å²) in [5.41, 5.74) is 2.27. The standard InChI is InChI=1S/C14H11F3IN/c1-8-4-10(18)2-3-13(8)19-7-9-5-11(15)14(17)12(16)6-9/h2-6,19H,7H2,1H3. The Morgan fingerprint density at radius 3 is 2.26 bits per heavy atom. The van der Waals surface area contributed by atoms with Gasteiger partial charge in [-0.3, -0.25) is 0 Å². The zero-order valence-corrected chi connectivity index (χ0v) is 12.3. The lowest BCUT2D eigenvalue weighted by Crippen LogP contribution is -2.03. The lowest BCUT2D eigenvalue weighted by atomic mass is 10.1. The predicted octanol–water partition coefficient (Wildman–Crippen LogP) is 4.63. The summed E-state index contributed by atoms with van der Waals surface area (Å²) in [6.45, 7) is 2.17. The van der Waals surface area contributed by atoms with Crippen LogP contribution < -0.4 is 5.32 Å². The van der Waals surface area contributed by atoms with E-state index < -0.39 is 17.5 Å². The molecular weight excluding hydrogens is 366 g/mol. The van der Waals surface area contributed by atoms with Gasteiger partial charge in [-0.1, -0.05) is 0 Å². The zero-order chi connectivity index (χ0) is 14.0. The van der Waals surface area contributed by atoms with Gasteiger partial charge in [0, 0.05) is 15.8 Å². The van der Waals surface area contributed by atoms with Crippen molar-refractivity contribution >= 4 is 28.3 Å². The highest BCUT2D eigenvalue weighted by atomic mass is 127. The van der Waals surface area contributed by atoms with Gasteiger partial charge in [0.1, 0.15) is 0 Å². The van der Waals surface area contributed by atoms with Crippen LogP contribution >= 0.6 is 22.6 Å². The molecule has 2 aromatic carbocycles. The molecule has 0 spiro atoms. The second kappa shape index (κ2) is 5.81. The molecule has 0 unspecified atom stereocenters. The molecule has 0 aliphatic carbocycles. The Hall–Kier alpha value is -1.24. The number of anilines is 1. The molecule has 0 heterocycles. The highest BCUT2D eigenvalue weighted by Gasteiger charge is 2.10. The van der Waals surface area contributed by atoms with Crippen LogP contribution in [0, 0.1) is 27.9 Å². The van der Waals surface area contributed by atoms with E-state index in [1.165, 1.54) is 0 Å².